The van der Waals surface area contributed by atoms with Crippen molar-refractivity contribution in [2.75, 3.05) is 0 Å². The molecular weight excluding hydrogens is 277 g/mol. The van der Waals surface area contributed by atoms with Gasteiger partial charge >= 0.3 is 0 Å². The summed E-state index contributed by atoms with van der Waals surface area (Å²) in [5.41, 5.74) is 1.53. The summed E-state index contributed by atoms with van der Waals surface area (Å²) in [4.78, 5) is 14.8. The first-order valence-electron chi connectivity index (χ1n) is 6.18. The third kappa shape index (κ3) is 2.45. The van der Waals surface area contributed by atoms with Gasteiger partial charge in [0.1, 0.15) is 5.82 Å². The highest BCUT2D eigenvalue weighted by Gasteiger charge is 2.07. The van der Waals surface area contributed by atoms with E-state index in [1.807, 2.05) is 0 Å². The van der Waals surface area contributed by atoms with E-state index >= 15 is 0 Å². The minimum Gasteiger partial charge on any atom is -0.322 e. The number of rotatable bonds is 2. The van der Waals surface area contributed by atoms with Gasteiger partial charge in [0.25, 0.3) is 5.56 Å². The van der Waals surface area contributed by atoms with Crippen LogP contribution < -0.4 is 5.56 Å². The van der Waals surface area contributed by atoms with Gasteiger partial charge in [-0.25, -0.2) is 4.39 Å². The Morgan fingerprint density at radius 1 is 1.05 bits per heavy atom. The maximum absolute atomic E-state index is 13.7. The topological polar surface area (TPSA) is 32.9 Å². The van der Waals surface area contributed by atoms with Crippen molar-refractivity contribution in [3.05, 3.63) is 80.9 Å². The van der Waals surface area contributed by atoms with Crippen LogP contribution in [0, 0.1) is 5.82 Å². The number of pyridine rings is 1. The molecule has 3 aromatic rings. The number of nitrogens with one attached hydrogen (secondary N) is 1. The first-order valence-corrected chi connectivity index (χ1v) is 6.56. The molecule has 0 saturated carbocycles. The second-order valence-corrected chi connectivity index (χ2v) is 5.06. The molecule has 2 aromatic carbocycles. The number of aromatic nitrogens is 1. The molecule has 3 rings (SSSR count). The van der Waals surface area contributed by atoms with Gasteiger partial charge in [-0.3, -0.25) is 4.79 Å². The van der Waals surface area contributed by atoms with Crippen molar-refractivity contribution in [1.82, 2.24) is 4.98 Å². The van der Waals surface area contributed by atoms with E-state index in [1.165, 1.54) is 6.07 Å². The van der Waals surface area contributed by atoms with E-state index in [0.717, 1.165) is 10.9 Å². The molecule has 0 unspecified atom stereocenters. The quantitative estimate of drug-likeness (QED) is 0.761. The Morgan fingerprint density at radius 2 is 1.85 bits per heavy atom. The van der Waals surface area contributed by atoms with E-state index < -0.39 is 0 Å². The van der Waals surface area contributed by atoms with Gasteiger partial charge in [-0.1, -0.05) is 29.8 Å². The van der Waals surface area contributed by atoms with Crippen molar-refractivity contribution < 1.29 is 4.39 Å². The maximum Gasteiger partial charge on any atom is 0.251 e. The zero-order valence-corrected chi connectivity index (χ0v) is 11.2. The Balaban J connectivity index is 2.10. The summed E-state index contributed by atoms with van der Waals surface area (Å²) in [7, 11) is 0. The Bertz CT molecular complexity index is 841. The zero-order valence-electron chi connectivity index (χ0n) is 10.5. The number of hydrogen-bond donors (Lipinski definition) is 1. The number of hydrogen-bond acceptors (Lipinski definition) is 1. The average Bonchev–Trinajstić information content (AvgIpc) is 2.42. The molecule has 0 aliphatic rings. The lowest BCUT2D eigenvalue weighted by molar-refractivity contribution is 0.614. The van der Waals surface area contributed by atoms with Crippen LogP contribution in [0.2, 0.25) is 5.02 Å². The first-order chi connectivity index (χ1) is 9.63. The van der Waals surface area contributed by atoms with Crippen molar-refractivity contribution in [1.29, 1.82) is 0 Å². The summed E-state index contributed by atoms with van der Waals surface area (Å²) in [6, 6.07) is 13.5. The van der Waals surface area contributed by atoms with Crippen LogP contribution in [0.1, 0.15) is 11.1 Å². The monoisotopic (exact) mass is 287 g/mol. The van der Waals surface area contributed by atoms with Gasteiger partial charge in [0, 0.05) is 22.5 Å². The van der Waals surface area contributed by atoms with E-state index in [9.17, 15) is 9.18 Å². The van der Waals surface area contributed by atoms with Gasteiger partial charge in [0.15, 0.2) is 0 Å². The highest BCUT2D eigenvalue weighted by Crippen LogP contribution is 2.18. The number of fused-ring (bicyclic) bond motifs is 1. The smallest absolute Gasteiger partial charge is 0.251 e. The number of benzene rings is 2. The van der Waals surface area contributed by atoms with Crippen LogP contribution in [-0.4, -0.2) is 4.98 Å². The summed E-state index contributed by atoms with van der Waals surface area (Å²) in [6.07, 6.45) is 0.254. The normalized spacial score (nSPS) is 10.9. The molecular formula is C16H11ClFNO. The van der Waals surface area contributed by atoms with Crippen molar-refractivity contribution in [2.45, 2.75) is 6.42 Å². The van der Waals surface area contributed by atoms with Crippen molar-refractivity contribution in [3.8, 4) is 0 Å². The molecule has 1 heterocycles. The van der Waals surface area contributed by atoms with E-state index in [1.54, 1.807) is 42.5 Å². The molecule has 1 aromatic heterocycles. The molecule has 0 saturated heterocycles. The maximum atomic E-state index is 13.7. The van der Waals surface area contributed by atoms with Crippen LogP contribution in [0.3, 0.4) is 0 Å². The highest BCUT2D eigenvalue weighted by atomic mass is 35.5. The van der Waals surface area contributed by atoms with Gasteiger partial charge in [-0.2, -0.15) is 0 Å². The van der Waals surface area contributed by atoms with E-state index in [4.69, 9.17) is 11.6 Å². The van der Waals surface area contributed by atoms with Gasteiger partial charge in [-0.05, 0) is 41.3 Å². The van der Waals surface area contributed by atoms with Crippen LogP contribution in [-0.2, 0) is 6.42 Å². The second-order valence-electron chi connectivity index (χ2n) is 4.62. The van der Waals surface area contributed by atoms with Gasteiger partial charge in [0.05, 0.1) is 0 Å². The Labute approximate surface area is 119 Å². The van der Waals surface area contributed by atoms with Crippen molar-refractivity contribution >= 4 is 22.5 Å². The van der Waals surface area contributed by atoms with E-state index in [2.05, 4.69) is 4.98 Å². The van der Waals surface area contributed by atoms with Crippen LogP contribution in [0.5, 0.6) is 0 Å². The summed E-state index contributed by atoms with van der Waals surface area (Å²) < 4.78 is 13.7. The fourth-order valence-electron chi connectivity index (χ4n) is 2.20. The molecule has 0 amide bonds. The third-order valence-corrected chi connectivity index (χ3v) is 3.46. The lowest BCUT2D eigenvalue weighted by Gasteiger charge is -2.05. The molecule has 0 fully saturated rings. The Hall–Kier alpha value is -2.13. The third-order valence-electron chi connectivity index (χ3n) is 3.22. The number of aromatic amines is 1. The molecule has 100 valence electrons. The highest BCUT2D eigenvalue weighted by molar-refractivity contribution is 6.31. The first kappa shape index (κ1) is 12.9. The number of halogens is 2. The van der Waals surface area contributed by atoms with Crippen LogP contribution in [0.4, 0.5) is 4.39 Å². The fourth-order valence-corrected chi connectivity index (χ4v) is 2.38. The van der Waals surface area contributed by atoms with E-state index in [0.29, 0.717) is 16.1 Å². The molecule has 2 nitrogen and oxygen atoms in total. The largest absolute Gasteiger partial charge is 0.322 e. The molecule has 20 heavy (non-hydrogen) atoms. The van der Waals surface area contributed by atoms with Gasteiger partial charge in [0.2, 0.25) is 0 Å². The molecule has 0 radical (unpaired) electrons. The summed E-state index contributed by atoms with van der Waals surface area (Å²) in [6.45, 7) is 0. The van der Waals surface area contributed by atoms with Crippen LogP contribution in [0.25, 0.3) is 10.9 Å². The van der Waals surface area contributed by atoms with Gasteiger partial charge in [-0.15, -0.1) is 0 Å². The summed E-state index contributed by atoms with van der Waals surface area (Å²) in [5.74, 6) is -0.307. The second kappa shape index (κ2) is 5.10. The Morgan fingerprint density at radius 3 is 2.65 bits per heavy atom. The lowest BCUT2D eigenvalue weighted by atomic mass is 10.0. The molecule has 0 spiro atoms. The average molecular weight is 288 g/mol. The predicted molar refractivity (Wildman–Crippen MR) is 78.8 cm³/mol. The molecule has 0 atom stereocenters. The van der Waals surface area contributed by atoms with Gasteiger partial charge < -0.3 is 4.98 Å². The van der Waals surface area contributed by atoms with Crippen LogP contribution >= 0.6 is 11.6 Å². The predicted octanol–water partition coefficient (Wildman–Crippen LogP) is 3.91. The van der Waals surface area contributed by atoms with E-state index in [-0.39, 0.29) is 17.8 Å². The lowest BCUT2D eigenvalue weighted by Crippen LogP contribution is -2.13. The fraction of sp³-hybridized carbons (Fsp3) is 0.0625. The minimum atomic E-state index is -0.307. The zero-order chi connectivity index (χ0) is 14.1. The summed E-state index contributed by atoms with van der Waals surface area (Å²) in [5, 5.41) is 1.44. The van der Waals surface area contributed by atoms with Crippen molar-refractivity contribution in [2.24, 2.45) is 0 Å². The molecule has 1 N–H and O–H groups in total. The van der Waals surface area contributed by atoms with Crippen LogP contribution in [0.15, 0.2) is 53.3 Å². The molecule has 0 bridgehead atoms. The number of H-pyrrole nitrogens is 1. The molecule has 4 heteroatoms. The van der Waals surface area contributed by atoms with Crippen molar-refractivity contribution in [3.63, 3.8) is 0 Å². The molecule has 0 aliphatic heterocycles. The minimum absolute atomic E-state index is 0.205. The standard InChI is InChI=1S/C16H11ClFNO/c17-13-5-6-15-11(9-13)8-12(16(20)19-15)7-10-3-1-2-4-14(10)18/h1-6,8-9H,7H2,(H,19,20). The molecule has 0 aliphatic carbocycles. The SMILES string of the molecule is O=c1[nH]c2ccc(Cl)cc2cc1Cc1ccccc1F. The Kier molecular flexibility index (Phi) is 3.28. The summed E-state index contributed by atoms with van der Waals surface area (Å²) >= 11 is 5.94.